The number of nitrogens with zero attached hydrogens (tertiary/aromatic N) is 4. The number of carbonyl (C=O) groups is 1. The van der Waals surface area contributed by atoms with Crippen molar-refractivity contribution in [1.82, 2.24) is 19.7 Å². The number of carbonyl (C=O) groups excluding carboxylic acids is 1. The fourth-order valence-corrected chi connectivity index (χ4v) is 3.67. The predicted octanol–water partition coefficient (Wildman–Crippen LogP) is 6.11. The van der Waals surface area contributed by atoms with E-state index in [9.17, 15) is 18.0 Å². The largest absolute Gasteiger partial charge is 0.417 e. The standard InChI is InChI=1S/C22H18ClF4N7O/c1-10(2)34-20-17(19(28)29-9-30-20)18(33-34)13-5-3-12(8-16(13)24)32-21(35)31-11-4-6-15(23)14(7-11)22(25,26)27/h3-10H,1-2H3,(H2,28,29,30)(H2,31,32,35). The van der Waals surface area contributed by atoms with E-state index in [-0.39, 0.29) is 34.5 Å². The number of hydrogen-bond donors (Lipinski definition) is 3. The zero-order valence-corrected chi connectivity index (χ0v) is 19.0. The second kappa shape index (κ2) is 9.02. The number of rotatable bonds is 4. The lowest BCUT2D eigenvalue weighted by molar-refractivity contribution is -0.137. The van der Waals surface area contributed by atoms with E-state index in [1.54, 1.807) is 4.68 Å². The van der Waals surface area contributed by atoms with E-state index >= 15 is 4.39 Å². The molecule has 0 radical (unpaired) electrons. The van der Waals surface area contributed by atoms with E-state index in [2.05, 4.69) is 25.7 Å². The van der Waals surface area contributed by atoms with Crippen LogP contribution in [0.25, 0.3) is 22.3 Å². The molecule has 4 aromatic rings. The first kappa shape index (κ1) is 24.2. The Kier molecular flexibility index (Phi) is 6.24. The number of benzene rings is 2. The molecule has 0 bridgehead atoms. The molecular formula is C22H18ClF4N7O. The molecule has 35 heavy (non-hydrogen) atoms. The van der Waals surface area contributed by atoms with Gasteiger partial charge in [-0.2, -0.15) is 18.3 Å². The quantitative estimate of drug-likeness (QED) is 0.288. The van der Waals surface area contributed by atoms with Gasteiger partial charge in [-0.05, 0) is 50.2 Å². The highest BCUT2D eigenvalue weighted by Crippen LogP contribution is 2.36. The summed E-state index contributed by atoms with van der Waals surface area (Å²) in [5.74, 6) is -0.578. The molecule has 0 saturated carbocycles. The Morgan fingerprint density at radius 1 is 1.09 bits per heavy atom. The summed E-state index contributed by atoms with van der Waals surface area (Å²) in [5, 5.41) is 8.98. The molecule has 2 amide bonds. The van der Waals surface area contributed by atoms with Crippen molar-refractivity contribution in [2.24, 2.45) is 0 Å². The van der Waals surface area contributed by atoms with Gasteiger partial charge < -0.3 is 16.4 Å². The monoisotopic (exact) mass is 507 g/mol. The molecule has 182 valence electrons. The summed E-state index contributed by atoms with van der Waals surface area (Å²) in [6.45, 7) is 3.77. The van der Waals surface area contributed by atoms with Gasteiger partial charge in [0.15, 0.2) is 5.65 Å². The van der Waals surface area contributed by atoms with Crippen LogP contribution in [0.5, 0.6) is 0 Å². The van der Waals surface area contributed by atoms with Crippen molar-refractivity contribution in [3.05, 3.63) is 59.1 Å². The molecule has 0 unspecified atom stereocenters. The number of nitrogens with two attached hydrogens (primary N) is 1. The van der Waals surface area contributed by atoms with Crippen LogP contribution < -0.4 is 16.4 Å². The van der Waals surface area contributed by atoms with E-state index in [1.165, 1.54) is 24.5 Å². The van der Waals surface area contributed by atoms with Crippen LogP contribution in [0.1, 0.15) is 25.5 Å². The Hall–Kier alpha value is -3.93. The summed E-state index contributed by atoms with van der Waals surface area (Å²) in [6.07, 6.45) is -3.40. The van der Waals surface area contributed by atoms with Crippen LogP contribution in [0.2, 0.25) is 5.02 Å². The average Bonchev–Trinajstić information content (AvgIpc) is 3.15. The Balaban J connectivity index is 1.59. The zero-order chi connectivity index (χ0) is 25.5. The maximum atomic E-state index is 15.1. The second-order valence-corrected chi connectivity index (χ2v) is 8.22. The summed E-state index contributed by atoms with van der Waals surface area (Å²) in [6, 6.07) is 5.84. The van der Waals surface area contributed by atoms with Gasteiger partial charge in [-0.15, -0.1) is 0 Å². The van der Waals surface area contributed by atoms with Gasteiger partial charge in [0.2, 0.25) is 0 Å². The van der Waals surface area contributed by atoms with Gasteiger partial charge in [0.25, 0.3) is 0 Å². The molecule has 0 aliphatic heterocycles. The third kappa shape index (κ3) is 4.83. The lowest BCUT2D eigenvalue weighted by Gasteiger charge is -2.12. The van der Waals surface area contributed by atoms with Crippen molar-refractivity contribution in [1.29, 1.82) is 0 Å². The summed E-state index contributed by atoms with van der Waals surface area (Å²) < 4.78 is 55.7. The number of urea groups is 1. The zero-order valence-electron chi connectivity index (χ0n) is 18.3. The Bertz CT molecular complexity index is 1440. The van der Waals surface area contributed by atoms with Crippen LogP contribution in [-0.4, -0.2) is 25.8 Å². The van der Waals surface area contributed by atoms with Crippen LogP contribution in [-0.2, 0) is 6.18 Å². The highest BCUT2D eigenvalue weighted by atomic mass is 35.5. The van der Waals surface area contributed by atoms with E-state index in [4.69, 9.17) is 17.3 Å². The van der Waals surface area contributed by atoms with Crippen LogP contribution in [0.4, 0.5) is 39.5 Å². The van der Waals surface area contributed by atoms with E-state index < -0.39 is 28.6 Å². The molecule has 4 N–H and O–H groups in total. The minimum atomic E-state index is -4.69. The molecule has 13 heteroatoms. The van der Waals surface area contributed by atoms with E-state index in [0.717, 1.165) is 12.1 Å². The van der Waals surface area contributed by atoms with Crippen molar-refractivity contribution >= 4 is 45.9 Å². The molecule has 0 saturated heterocycles. The van der Waals surface area contributed by atoms with Crippen LogP contribution in [0.3, 0.4) is 0 Å². The van der Waals surface area contributed by atoms with Gasteiger partial charge in [-0.25, -0.2) is 23.8 Å². The van der Waals surface area contributed by atoms with Crippen LogP contribution in [0, 0.1) is 5.82 Å². The highest BCUT2D eigenvalue weighted by Gasteiger charge is 2.33. The predicted molar refractivity (Wildman–Crippen MR) is 125 cm³/mol. The molecule has 4 rings (SSSR count). The van der Waals surface area contributed by atoms with Gasteiger partial charge >= 0.3 is 12.2 Å². The minimum absolute atomic E-state index is 0.0607. The fourth-order valence-electron chi connectivity index (χ4n) is 3.44. The van der Waals surface area contributed by atoms with Crippen molar-refractivity contribution in [3.8, 4) is 11.3 Å². The van der Waals surface area contributed by atoms with Gasteiger partial charge in [-0.3, -0.25) is 0 Å². The molecule has 0 aliphatic carbocycles. The summed E-state index contributed by atoms with van der Waals surface area (Å²) in [7, 11) is 0. The highest BCUT2D eigenvalue weighted by molar-refractivity contribution is 6.31. The maximum Gasteiger partial charge on any atom is 0.417 e. The van der Waals surface area contributed by atoms with Gasteiger partial charge in [0.1, 0.15) is 23.7 Å². The lowest BCUT2D eigenvalue weighted by atomic mass is 10.1. The molecule has 8 nitrogen and oxygen atoms in total. The number of fused-ring (bicyclic) bond motifs is 1. The molecule has 2 heterocycles. The third-order valence-corrected chi connectivity index (χ3v) is 5.35. The SMILES string of the molecule is CC(C)n1nc(-c2ccc(NC(=O)Nc3ccc(Cl)c(C(F)(F)F)c3)cc2F)c2c(N)ncnc21. The number of nitrogens with one attached hydrogen (secondary N) is 2. The molecular weight excluding hydrogens is 490 g/mol. The normalized spacial score (nSPS) is 11.8. The van der Waals surface area contributed by atoms with Gasteiger partial charge in [-0.1, -0.05) is 11.6 Å². The van der Waals surface area contributed by atoms with Crippen molar-refractivity contribution in [2.75, 3.05) is 16.4 Å². The number of hydrogen-bond acceptors (Lipinski definition) is 5. The first-order valence-electron chi connectivity index (χ1n) is 10.2. The summed E-state index contributed by atoms with van der Waals surface area (Å²) >= 11 is 5.58. The lowest BCUT2D eigenvalue weighted by Crippen LogP contribution is -2.20. The van der Waals surface area contributed by atoms with Gasteiger partial charge in [0, 0.05) is 23.0 Å². The molecule has 2 aromatic carbocycles. The minimum Gasteiger partial charge on any atom is -0.383 e. The van der Waals surface area contributed by atoms with Crippen molar-refractivity contribution in [2.45, 2.75) is 26.1 Å². The third-order valence-electron chi connectivity index (χ3n) is 5.02. The van der Waals surface area contributed by atoms with Gasteiger partial charge in [0.05, 0.1) is 16.0 Å². The topological polar surface area (TPSA) is 111 Å². The Labute approximate surface area is 201 Å². The molecule has 0 spiro atoms. The molecule has 0 fully saturated rings. The summed E-state index contributed by atoms with van der Waals surface area (Å²) in [5.41, 5.74) is 5.62. The Morgan fingerprint density at radius 3 is 2.37 bits per heavy atom. The van der Waals surface area contributed by atoms with E-state index in [0.29, 0.717) is 17.1 Å². The average molecular weight is 508 g/mol. The number of alkyl halides is 3. The number of amides is 2. The summed E-state index contributed by atoms with van der Waals surface area (Å²) in [4.78, 5) is 20.5. The van der Waals surface area contributed by atoms with Crippen LogP contribution >= 0.6 is 11.6 Å². The first-order valence-corrected chi connectivity index (χ1v) is 10.6. The molecule has 2 aromatic heterocycles. The maximum absolute atomic E-state index is 15.1. The second-order valence-electron chi connectivity index (χ2n) is 7.81. The number of nitrogen functional groups attached to an aromatic ring is 1. The van der Waals surface area contributed by atoms with Crippen molar-refractivity contribution in [3.63, 3.8) is 0 Å². The van der Waals surface area contributed by atoms with E-state index in [1.807, 2.05) is 13.8 Å². The smallest absolute Gasteiger partial charge is 0.383 e. The molecule has 0 atom stereocenters. The van der Waals surface area contributed by atoms with Crippen LogP contribution in [0.15, 0.2) is 42.7 Å². The van der Waals surface area contributed by atoms with Crippen molar-refractivity contribution < 1.29 is 22.4 Å². The molecule has 0 aliphatic rings. The first-order chi connectivity index (χ1) is 16.5. The number of halogens is 5. The number of anilines is 3. The fraction of sp³-hybridized carbons (Fsp3) is 0.182. The Morgan fingerprint density at radius 2 is 1.74 bits per heavy atom. The number of aromatic nitrogens is 4.